The molecule has 0 saturated heterocycles. The molecule has 4 atom stereocenters. The van der Waals surface area contributed by atoms with Crippen LogP contribution in [-0.2, 0) is 25.6 Å². The summed E-state index contributed by atoms with van der Waals surface area (Å²) in [5.41, 5.74) is 12.3. The van der Waals surface area contributed by atoms with Crippen LogP contribution in [0.5, 0.6) is 0 Å². The van der Waals surface area contributed by atoms with Gasteiger partial charge in [0.2, 0.25) is 17.7 Å². The monoisotopic (exact) mass is 527 g/mol. The molecular weight excluding hydrogens is 490 g/mol. The Kier molecular flexibility index (Phi) is 15.1. The summed E-state index contributed by atoms with van der Waals surface area (Å²) in [4.78, 5) is 49.8. The first-order valence-corrected chi connectivity index (χ1v) is 13.5. The molecule has 0 aliphatic carbocycles. The van der Waals surface area contributed by atoms with Gasteiger partial charge in [0.25, 0.3) is 0 Å². The van der Waals surface area contributed by atoms with Crippen LogP contribution in [0, 0.1) is 0 Å². The number of carboxylic acid groups (broad SMARTS) is 1. The Morgan fingerprint density at radius 1 is 0.943 bits per heavy atom. The Hall–Kier alpha value is -2.28. The molecule has 0 radical (unpaired) electrons. The zero-order valence-corrected chi connectivity index (χ0v) is 21.7. The highest BCUT2D eigenvalue weighted by molar-refractivity contribution is 7.98. The fraction of sp³-hybridized carbons (Fsp3) is 0.565. The molecule has 0 fully saturated rings. The number of aliphatic carboxylic acids is 1. The number of amides is 3. The van der Waals surface area contributed by atoms with E-state index in [-0.39, 0.29) is 18.6 Å². The topological polar surface area (TPSA) is 177 Å². The molecule has 3 amide bonds. The maximum absolute atomic E-state index is 12.9. The van der Waals surface area contributed by atoms with Gasteiger partial charge in [-0.1, -0.05) is 30.3 Å². The number of benzene rings is 1. The van der Waals surface area contributed by atoms with Crippen molar-refractivity contribution in [1.82, 2.24) is 16.0 Å². The minimum atomic E-state index is -1.15. The molecule has 0 bridgehead atoms. The highest BCUT2D eigenvalue weighted by Crippen LogP contribution is 2.07. The van der Waals surface area contributed by atoms with Crippen LogP contribution in [0.15, 0.2) is 30.3 Å². The van der Waals surface area contributed by atoms with E-state index in [1.807, 2.05) is 36.6 Å². The average Bonchev–Trinajstić information content (AvgIpc) is 2.84. The zero-order valence-electron chi connectivity index (χ0n) is 19.9. The molecule has 35 heavy (non-hydrogen) atoms. The summed E-state index contributed by atoms with van der Waals surface area (Å²) >= 11 is 5.65. The number of carbonyl (C=O) groups excluding carboxylic acids is 3. The van der Waals surface area contributed by atoms with Crippen molar-refractivity contribution in [2.24, 2.45) is 11.5 Å². The lowest BCUT2D eigenvalue weighted by molar-refractivity contribution is -0.142. The summed E-state index contributed by atoms with van der Waals surface area (Å²) in [5, 5.41) is 17.2. The van der Waals surface area contributed by atoms with E-state index in [0.717, 1.165) is 5.56 Å². The van der Waals surface area contributed by atoms with E-state index in [1.165, 1.54) is 11.8 Å². The van der Waals surface area contributed by atoms with Crippen LogP contribution >= 0.6 is 24.4 Å². The fourth-order valence-electron chi connectivity index (χ4n) is 3.23. The molecule has 0 saturated carbocycles. The molecular formula is C23H37N5O5S2. The van der Waals surface area contributed by atoms with Gasteiger partial charge in [-0.05, 0) is 56.2 Å². The predicted molar refractivity (Wildman–Crippen MR) is 141 cm³/mol. The van der Waals surface area contributed by atoms with Crippen molar-refractivity contribution in [2.75, 3.05) is 24.3 Å². The average molecular weight is 528 g/mol. The number of carbonyl (C=O) groups is 4. The van der Waals surface area contributed by atoms with Crippen molar-refractivity contribution in [3.05, 3.63) is 35.9 Å². The molecule has 0 aliphatic rings. The second kappa shape index (κ2) is 17.2. The van der Waals surface area contributed by atoms with Crippen LogP contribution in [0.2, 0.25) is 0 Å². The maximum Gasteiger partial charge on any atom is 0.326 e. The maximum atomic E-state index is 12.9. The quantitative estimate of drug-likeness (QED) is 0.109. The number of hydrogen-bond donors (Lipinski definition) is 7. The normalized spacial score (nSPS) is 14.3. The molecule has 0 heterocycles. The van der Waals surface area contributed by atoms with Gasteiger partial charge in [-0.15, -0.1) is 0 Å². The molecule has 1 rings (SSSR count). The van der Waals surface area contributed by atoms with E-state index in [0.29, 0.717) is 31.6 Å². The van der Waals surface area contributed by atoms with Crippen LogP contribution in [0.1, 0.15) is 31.2 Å². The summed E-state index contributed by atoms with van der Waals surface area (Å²) < 4.78 is 0. The minimum absolute atomic E-state index is 0.0106. The number of nitrogens with one attached hydrogen (secondary N) is 3. The number of unbranched alkanes of at least 4 members (excludes halogenated alkanes) is 1. The Balaban J connectivity index is 2.78. The van der Waals surface area contributed by atoms with Gasteiger partial charge >= 0.3 is 5.97 Å². The van der Waals surface area contributed by atoms with Crippen LogP contribution in [-0.4, -0.2) is 77.3 Å². The van der Waals surface area contributed by atoms with Crippen molar-refractivity contribution >= 4 is 48.1 Å². The van der Waals surface area contributed by atoms with Gasteiger partial charge in [0.1, 0.15) is 18.1 Å². The molecule has 12 heteroatoms. The van der Waals surface area contributed by atoms with Crippen molar-refractivity contribution < 1.29 is 24.3 Å². The van der Waals surface area contributed by atoms with Gasteiger partial charge in [0, 0.05) is 5.75 Å². The number of carboxylic acids is 1. The van der Waals surface area contributed by atoms with E-state index in [4.69, 9.17) is 11.5 Å². The lowest BCUT2D eigenvalue weighted by Crippen LogP contribution is -2.57. The first kappa shape index (κ1) is 30.8. The molecule has 8 N–H and O–H groups in total. The van der Waals surface area contributed by atoms with Gasteiger partial charge < -0.3 is 32.5 Å². The van der Waals surface area contributed by atoms with Crippen molar-refractivity contribution in [3.8, 4) is 0 Å². The molecule has 1 aromatic carbocycles. The van der Waals surface area contributed by atoms with E-state index in [1.54, 1.807) is 0 Å². The summed E-state index contributed by atoms with van der Waals surface area (Å²) in [6.07, 6.45) is 3.86. The number of rotatable bonds is 17. The van der Waals surface area contributed by atoms with Crippen molar-refractivity contribution in [2.45, 2.75) is 56.3 Å². The van der Waals surface area contributed by atoms with E-state index in [9.17, 15) is 24.3 Å². The number of thioether (sulfide) groups is 1. The molecule has 0 aliphatic heterocycles. The Morgan fingerprint density at radius 2 is 1.54 bits per heavy atom. The first-order chi connectivity index (χ1) is 16.7. The molecule has 4 unspecified atom stereocenters. The molecule has 1 aromatic rings. The number of thiol groups is 1. The SMILES string of the molecule is CSCCC(NC(=O)C(CS)NC(=O)C(N)Cc1ccccc1)C(=O)NC(CCCCN)C(=O)O. The Bertz CT molecular complexity index is 815. The standard InChI is InChI=1S/C23H37N5O5S2/c1-35-12-10-17(21(30)27-18(23(32)33)9-5-6-11-24)26-22(31)19(14-34)28-20(29)16(25)13-15-7-3-2-4-8-15/h2-4,7-8,16-19,34H,5-6,9-14,24-25H2,1H3,(H,26,31)(H,27,30)(H,28,29)(H,32,33). The van der Waals surface area contributed by atoms with Crippen LogP contribution < -0.4 is 27.4 Å². The van der Waals surface area contributed by atoms with E-state index >= 15 is 0 Å². The lowest BCUT2D eigenvalue weighted by Gasteiger charge is -2.24. The summed E-state index contributed by atoms with van der Waals surface area (Å²) in [6.45, 7) is 0.429. The second-order valence-electron chi connectivity index (χ2n) is 8.07. The predicted octanol–water partition coefficient (Wildman–Crippen LogP) is -0.0927. The van der Waals surface area contributed by atoms with Crippen molar-refractivity contribution in [1.29, 1.82) is 0 Å². The fourth-order valence-corrected chi connectivity index (χ4v) is 3.96. The van der Waals surface area contributed by atoms with E-state index in [2.05, 4.69) is 28.6 Å². The van der Waals surface area contributed by atoms with Crippen LogP contribution in [0.4, 0.5) is 0 Å². The molecule has 0 aromatic heterocycles. The van der Waals surface area contributed by atoms with Gasteiger partial charge in [-0.2, -0.15) is 24.4 Å². The van der Waals surface area contributed by atoms with Crippen LogP contribution in [0.25, 0.3) is 0 Å². The zero-order chi connectivity index (χ0) is 26.2. The highest BCUT2D eigenvalue weighted by atomic mass is 32.2. The Labute approximate surface area is 216 Å². The van der Waals surface area contributed by atoms with Gasteiger partial charge in [-0.25, -0.2) is 4.79 Å². The summed E-state index contributed by atoms with van der Waals surface area (Å²) in [7, 11) is 0. The van der Waals surface area contributed by atoms with Gasteiger partial charge in [0.15, 0.2) is 0 Å². The molecule has 10 nitrogen and oxygen atoms in total. The third-order valence-electron chi connectivity index (χ3n) is 5.26. The van der Waals surface area contributed by atoms with E-state index < -0.39 is 47.9 Å². The smallest absolute Gasteiger partial charge is 0.326 e. The molecule has 0 spiro atoms. The largest absolute Gasteiger partial charge is 0.480 e. The van der Waals surface area contributed by atoms with Crippen molar-refractivity contribution in [3.63, 3.8) is 0 Å². The van der Waals surface area contributed by atoms with Gasteiger partial charge in [0.05, 0.1) is 6.04 Å². The second-order valence-corrected chi connectivity index (χ2v) is 9.42. The summed E-state index contributed by atoms with van der Waals surface area (Å²) in [6, 6.07) is 5.32. The lowest BCUT2D eigenvalue weighted by atomic mass is 10.1. The number of nitrogens with two attached hydrogens (primary N) is 2. The minimum Gasteiger partial charge on any atom is -0.480 e. The first-order valence-electron chi connectivity index (χ1n) is 11.5. The van der Waals surface area contributed by atoms with Gasteiger partial charge in [-0.3, -0.25) is 14.4 Å². The van der Waals surface area contributed by atoms with Crippen LogP contribution in [0.3, 0.4) is 0 Å². The summed E-state index contributed by atoms with van der Waals surface area (Å²) in [5.74, 6) is -2.32. The Morgan fingerprint density at radius 3 is 2.11 bits per heavy atom. The highest BCUT2D eigenvalue weighted by Gasteiger charge is 2.29. The third-order valence-corrected chi connectivity index (χ3v) is 6.27. The molecule has 196 valence electrons. The number of hydrogen-bond acceptors (Lipinski definition) is 8. The third kappa shape index (κ3) is 11.8.